The monoisotopic (exact) mass is 298 g/mol. The molecule has 0 saturated carbocycles. The zero-order valence-electron chi connectivity index (χ0n) is 13.0. The first-order valence-electron chi connectivity index (χ1n) is 7.58. The molecule has 1 aromatic heterocycles. The van der Waals surface area contributed by atoms with Gasteiger partial charge in [-0.15, -0.1) is 0 Å². The van der Waals surface area contributed by atoms with Crippen molar-refractivity contribution in [1.82, 2.24) is 5.32 Å². The van der Waals surface area contributed by atoms with E-state index in [4.69, 9.17) is 0 Å². The van der Waals surface area contributed by atoms with Crippen molar-refractivity contribution in [1.29, 1.82) is 0 Å². The van der Waals surface area contributed by atoms with Crippen LogP contribution in [0.15, 0.2) is 54.7 Å². The van der Waals surface area contributed by atoms with Gasteiger partial charge in [0.25, 0.3) is 5.69 Å². The van der Waals surface area contributed by atoms with Crippen molar-refractivity contribution >= 4 is 5.91 Å². The van der Waals surface area contributed by atoms with E-state index < -0.39 is 0 Å². The van der Waals surface area contributed by atoms with Crippen LogP contribution in [0.1, 0.15) is 29.9 Å². The highest BCUT2D eigenvalue weighted by molar-refractivity contribution is 5.90. The molecule has 0 aliphatic rings. The quantitative estimate of drug-likeness (QED) is 0.658. The minimum Gasteiger partial charge on any atom is -0.618 e. The normalized spacial score (nSPS) is 12.1. The number of hydrogen-bond donors (Lipinski definition) is 1. The molecule has 22 heavy (non-hydrogen) atoms. The molecular weight excluding hydrogens is 276 g/mol. The molecule has 1 atom stereocenters. The number of pyridine rings is 1. The highest BCUT2D eigenvalue weighted by Gasteiger charge is 2.19. The van der Waals surface area contributed by atoms with Crippen LogP contribution in [0.2, 0.25) is 0 Å². The van der Waals surface area contributed by atoms with Crippen molar-refractivity contribution in [3.8, 4) is 0 Å². The van der Waals surface area contributed by atoms with Crippen LogP contribution in [0.25, 0.3) is 0 Å². The first kappa shape index (κ1) is 16.0. The molecule has 116 valence electrons. The minimum absolute atomic E-state index is 0.129. The van der Waals surface area contributed by atoms with E-state index in [1.54, 1.807) is 12.1 Å². The lowest BCUT2D eigenvalue weighted by molar-refractivity contribution is -0.607. The molecule has 0 spiro atoms. The summed E-state index contributed by atoms with van der Waals surface area (Å²) in [5.41, 5.74) is 1.39. The molecule has 1 amide bonds. The molecule has 0 fully saturated rings. The fraction of sp³-hybridized carbons (Fsp3) is 0.333. The van der Waals surface area contributed by atoms with Crippen LogP contribution in [-0.4, -0.2) is 12.5 Å². The fourth-order valence-electron chi connectivity index (χ4n) is 2.38. The molecule has 2 rings (SSSR count). The highest BCUT2D eigenvalue weighted by Crippen LogP contribution is 2.16. The van der Waals surface area contributed by atoms with E-state index in [1.165, 1.54) is 17.8 Å². The summed E-state index contributed by atoms with van der Waals surface area (Å²) in [5, 5.41) is 14.5. The van der Waals surface area contributed by atoms with Gasteiger partial charge in [0.05, 0.1) is 0 Å². The van der Waals surface area contributed by atoms with Crippen LogP contribution >= 0.6 is 0 Å². The number of carbonyl (C=O) groups is 1. The van der Waals surface area contributed by atoms with Crippen molar-refractivity contribution in [2.24, 2.45) is 11.8 Å². The van der Waals surface area contributed by atoms with E-state index in [1.807, 2.05) is 18.2 Å². The number of nitrogens with zero attached hydrogens (tertiary/aromatic N) is 1. The molecule has 0 unspecified atom stereocenters. The Morgan fingerprint density at radius 3 is 2.45 bits per heavy atom. The lowest BCUT2D eigenvalue weighted by Gasteiger charge is -2.21. The number of benzene rings is 1. The van der Waals surface area contributed by atoms with E-state index in [2.05, 4.69) is 31.3 Å². The number of amides is 1. The van der Waals surface area contributed by atoms with Crippen molar-refractivity contribution < 1.29 is 9.52 Å². The van der Waals surface area contributed by atoms with Crippen LogP contribution in [0, 0.1) is 17.0 Å². The summed E-state index contributed by atoms with van der Waals surface area (Å²) >= 11 is 0. The Morgan fingerprint density at radius 1 is 1.14 bits per heavy atom. The Bertz CT molecular complexity index is 611. The maximum atomic E-state index is 12.1. The van der Waals surface area contributed by atoms with Crippen molar-refractivity contribution in [2.75, 3.05) is 6.54 Å². The second-order valence-corrected chi connectivity index (χ2v) is 5.82. The molecule has 1 heterocycles. The molecule has 1 N–H and O–H groups in total. The van der Waals surface area contributed by atoms with Crippen LogP contribution in [0.4, 0.5) is 0 Å². The van der Waals surface area contributed by atoms with Crippen LogP contribution in [-0.2, 0) is 6.42 Å². The molecule has 0 radical (unpaired) electrons. The lowest BCUT2D eigenvalue weighted by atomic mass is 9.89. The number of aromatic nitrogens is 1. The fourth-order valence-corrected chi connectivity index (χ4v) is 2.38. The topological polar surface area (TPSA) is 56.0 Å². The first-order valence-corrected chi connectivity index (χ1v) is 7.58. The Labute approximate surface area is 131 Å². The molecular formula is C18H22N2O2. The molecule has 2 aromatic rings. The third-order valence-electron chi connectivity index (χ3n) is 3.87. The van der Waals surface area contributed by atoms with Gasteiger partial charge in [-0.1, -0.05) is 44.2 Å². The van der Waals surface area contributed by atoms with E-state index in [0.717, 1.165) is 6.42 Å². The molecule has 1 aromatic carbocycles. The van der Waals surface area contributed by atoms with Gasteiger partial charge in [0.1, 0.15) is 0 Å². The lowest BCUT2D eigenvalue weighted by Crippen LogP contribution is -2.41. The number of rotatable bonds is 6. The van der Waals surface area contributed by atoms with Gasteiger partial charge in [-0.3, -0.25) is 4.79 Å². The molecule has 0 aliphatic carbocycles. The van der Waals surface area contributed by atoms with Gasteiger partial charge in [0.15, 0.2) is 6.20 Å². The maximum Gasteiger partial charge on any atom is 0.317 e. The largest absolute Gasteiger partial charge is 0.618 e. The summed E-state index contributed by atoms with van der Waals surface area (Å²) < 4.78 is 0.594. The van der Waals surface area contributed by atoms with Crippen LogP contribution in [0.5, 0.6) is 0 Å². The van der Waals surface area contributed by atoms with Crippen molar-refractivity contribution in [2.45, 2.75) is 20.3 Å². The third-order valence-corrected chi connectivity index (χ3v) is 3.87. The van der Waals surface area contributed by atoms with Gasteiger partial charge in [0.2, 0.25) is 0 Å². The van der Waals surface area contributed by atoms with Gasteiger partial charge < -0.3 is 10.5 Å². The minimum atomic E-state index is -0.325. The zero-order chi connectivity index (χ0) is 15.9. The van der Waals surface area contributed by atoms with Crippen LogP contribution in [0.3, 0.4) is 0 Å². The summed E-state index contributed by atoms with van der Waals surface area (Å²) in [6.07, 6.45) is 2.24. The van der Waals surface area contributed by atoms with Crippen LogP contribution < -0.4 is 10.0 Å². The summed E-state index contributed by atoms with van der Waals surface area (Å²) in [6, 6.07) is 15.1. The second-order valence-electron chi connectivity index (χ2n) is 5.82. The van der Waals surface area contributed by atoms with Gasteiger partial charge in [-0.25, -0.2) is 0 Å². The first-order chi connectivity index (χ1) is 10.6. The summed E-state index contributed by atoms with van der Waals surface area (Å²) in [5.74, 6) is 0.445. The Balaban J connectivity index is 1.97. The third kappa shape index (κ3) is 4.32. The summed E-state index contributed by atoms with van der Waals surface area (Å²) in [4.78, 5) is 12.1. The zero-order valence-corrected chi connectivity index (χ0v) is 13.0. The van der Waals surface area contributed by atoms with E-state index in [-0.39, 0.29) is 11.6 Å². The predicted molar refractivity (Wildman–Crippen MR) is 86.2 cm³/mol. The average molecular weight is 298 g/mol. The smallest absolute Gasteiger partial charge is 0.317 e. The van der Waals surface area contributed by atoms with Gasteiger partial charge in [0, 0.05) is 18.7 Å². The number of carbonyl (C=O) groups excluding carboxylic acids is 1. The predicted octanol–water partition coefficient (Wildman–Crippen LogP) is 2.56. The van der Waals surface area contributed by atoms with Crippen molar-refractivity contribution in [3.63, 3.8) is 0 Å². The van der Waals surface area contributed by atoms with E-state index in [9.17, 15) is 10.0 Å². The summed E-state index contributed by atoms with van der Waals surface area (Å²) in [7, 11) is 0. The number of nitrogens with one attached hydrogen (secondary N) is 1. The molecule has 0 aliphatic heterocycles. The SMILES string of the molecule is CC(C)[C@@H](CNC(=O)c1cccc[n+]1[O-])Cc1ccccc1. The second kappa shape index (κ2) is 7.59. The Hall–Kier alpha value is -2.36. The Morgan fingerprint density at radius 2 is 1.82 bits per heavy atom. The molecule has 4 heteroatoms. The van der Waals surface area contributed by atoms with Gasteiger partial charge in [-0.05, 0) is 29.9 Å². The average Bonchev–Trinajstić information content (AvgIpc) is 2.52. The van der Waals surface area contributed by atoms with Crippen molar-refractivity contribution in [3.05, 3.63) is 71.2 Å². The standard InChI is InChI=1S/C18H22N2O2/c1-14(2)16(12-15-8-4-3-5-9-15)13-19-18(21)17-10-6-7-11-20(17)22/h3-11,14,16H,12-13H2,1-2H3,(H,19,21)/t16-/m1/s1. The summed E-state index contributed by atoms with van der Waals surface area (Å²) in [6.45, 7) is 4.85. The molecule has 0 saturated heterocycles. The maximum absolute atomic E-state index is 12.1. The molecule has 4 nitrogen and oxygen atoms in total. The van der Waals surface area contributed by atoms with Gasteiger partial charge >= 0.3 is 5.91 Å². The van der Waals surface area contributed by atoms with E-state index >= 15 is 0 Å². The highest BCUT2D eigenvalue weighted by atomic mass is 16.5. The molecule has 0 bridgehead atoms. The van der Waals surface area contributed by atoms with E-state index in [0.29, 0.717) is 23.1 Å². The van der Waals surface area contributed by atoms with Gasteiger partial charge in [-0.2, -0.15) is 4.73 Å². The Kier molecular flexibility index (Phi) is 5.53. The number of hydrogen-bond acceptors (Lipinski definition) is 2.